The first kappa shape index (κ1) is 15.0. The van der Waals surface area contributed by atoms with Crippen molar-refractivity contribution in [1.29, 1.82) is 5.26 Å². The van der Waals surface area contributed by atoms with Crippen LogP contribution in [0.3, 0.4) is 0 Å². The van der Waals surface area contributed by atoms with E-state index in [1.807, 2.05) is 6.07 Å². The van der Waals surface area contributed by atoms with Crippen molar-refractivity contribution in [2.75, 3.05) is 6.54 Å². The van der Waals surface area contributed by atoms with Gasteiger partial charge in [0.05, 0.1) is 17.0 Å². The number of benzene rings is 1. The van der Waals surface area contributed by atoms with E-state index in [9.17, 15) is 18.0 Å². The molecule has 6 heteroatoms. The molecule has 0 fully saturated rings. The van der Waals surface area contributed by atoms with E-state index in [1.54, 1.807) is 13.8 Å². The van der Waals surface area contributed by atoms with Gasteiger partial charge in [0, 0.05) is 12.1 Å². The van der Waals surface area contributed by atoms with E-state index in [-0.39, 0.29) is 12.1 Å². The van der Waals surface area contributed by atoms with E-state index >= 15 is 0 Å². The van der Waals surface area contributed by atoms with Crippen LogP contribution in [-0.4, -0.2) is 12.5 Å². The third kappa shape index (κ3) is 4.28. The monoisotopic (exact) mass is 270 g/mol. The number of nitriles is 1. The molecule has 0 saturated heterocycles. The summed E-state index contributed by atoms with van der Waals surface area (Å²) in [4.78, 5) is 11.7. The molecule has 1 N–H and O–H groups in total. The fourth-order valence-corrected chi connectivity index (χ4v) is 1.25. The number of halogens is 3. The second kappa shape index (κ2) is 5.31. The maximum Gasteiger partial charge on any atom is 0.416 e. The SMILES string of the molecule is CC(C)(C#N)CNC(=O)c1ccc(C(F)(F)F)cc1. The van der Waals surface area contributed by atoms with Gasteiger partial charge in [-0.25, -0.2) is 0 Å². The van der Waals surface area contributed by atoms with Gasteiger partial charge < -0.3 is 5.32 Å². The van der Waals surface area contributed by atoms with Gasteiger partial charge in [0.2, 0.25) is 0 Å². The summed E-state index contributed by atoms with van der Waals surface area (Å²) in [5.41, 5.74) is -1.40. The molecule has 19 heavy (non-hydrogen) atoms. The lowest BCUT2D eigenvalue weighted by Gasteiger charge is -2.16. The lowest BCUT2D eigenvalue weighted by molar-refractivity contribution is -0.137. The van der Waals surface area contributed by atoms with E-state index in [1.165, 1.54) is 0 Å². The second-order valence-corrected chi connectivity index (χ2v) is 4.75. The van der Waals surface area contributed by atoms with Gasteiger partial charge in [0.1, 0.15) is 0 Å². The van der Waals surface area contributed by atoms with Crippen LogP contribution >= 0.6 is 0 Å². The minimum absolute atomic E-state index is 0.127. The Morgan fingerprint density at radius 1 is 1.26 bits per heavy atom. The van der Waals surface area contributed by atoms with Gasteiger partial charge in [-0.1, -0.05) is 0 Å². The van der Waals surface area contributed by atoms with Crippen molar-refractivity contribution in [2.24, 2.45) is 5.41 Å². The molecule has 1 aromatic rings. The van der Waals surface area contributed by atoms with Crippen LogP contribution < -0.4 is 5.32 Å². The normalized spacial score (nSPS) is 11.8. The van der Waals surface area contributed by atoms with Crippen molar-refractivity contribution in [2.45, 2.75) is 20.0 Å². The average Bonchev–Trinajstić information content (AvgIpc) is 2.35. The van der Waals surface area contributed by atoms with Crippen molar-refractivity contribution in [1.82, 2.24) is 5.32 Å². The summed E-state index contributed by atoms with van der Waals surface area (Å²) in [6, 6.07) is 5.93. The summed E-state index contributed by atoms with van der Waals surface area (Å²) in [5.74, 6) is -0.503. The Labute approximate surface area is 109 Å². The zero-order chi connectivity index (χ0) is 14.7. The summed E-state index contributed by atoms with van der Waals surface area (Å²) in [7, 11) is 0. The lowest BCUT2D eigenvalue weighted by atomic mass is 9.96. The highest BCUT2D eigenvalue weighted by Crippen LogP contribution is 2.29. The number of carbonyl (C=O) groups is 1. The Kier molecular flexibility index (Phi) is 4.20. The van der Waals surface area contributed by atoms with Gasteiger partial charge in [0.25, 0.3) is 5.91 Å². The Hall–Kier alpha value is -2.03. The molecule has 0 saturated carbocycles. The number of hydrogen-bond acceptors (Lipinski definition) is 2. The van der Waals surface area contributed by atoms with E-state index in [0.717, 1.165) is 24.3 Å². The second-order valence-electron chi connectivity index (χ2n) is 4.75. The minimum atomic E-state index is -4.42. The van der Waals surface area contributed by atoms with Crippen molar-refractivity contribution >= 4 is 5.91 Å². The zero-order valence-electron chi connectivity index (χ0n) is 10.5. The highest BCUT2D eigenvalue weighted by molar-refractivity contribution is 5.94. The van der Waals surface area contributed by atoms with Crippen molar-refractivity contribution in [3.05, 3.63) is 35.4 Å². The van der Waals surface area contributed by atoms with Gasteiger partial charge >= 0.3 is 6.18 Å². The number of nitrogens with zero attached hydrogens (tertiary/aromatic N) is 1. The van der Waals surface area contributed by atoms with E-state index < -0.39 is 23.1 Å². The molecule has 3 nitrogen and oxygen atoms in total. The van der Waals surface area contributed by atoms with Crippen LogP contribution in [0.1, 0.15) is 29.8 Å². The molecule has 0 bridgehead atoms. The highest BCUT2D eigenvalue weighted by Gasteiger charge is 2.30. The van der Waals surface area contributed by atoms with Crippen LogP contribution in [0.4, 0.5) is 13.2 Å². The molecule has 0 aliphatic carbocycles. The summed E-state index contributed by atoms with van der Waals surface area (Å²) in [6.45, 7) is 3.43. The van der Waals surface area contributed by atoms with Gasteiger partial charge in [-0.05, 0) is 38.1 Å². The van der Waals surface area contributed by atoms with E-state index in [2.05, 4.69) is 5.32 Å². The Bertz CT molecular complexity index is 498. The van der Waals surface area contributed by atoms with Gasteiger partial charge in [-0.2, -0.15) is 18.4 Å². The zero-order valence-corrected chi connectivity index (χ0v) is 10.5. The standard InChI is InChI=1S/C13H13F3N2O/c1-12(2,7-17)8-18-11(19)9-3-5-10(6-4-9)13(14,15)16/h3-6H,8H2,1-2H3,(H,18,19). The highest BCUT2D eigenvalue weighted by atomic mass is 19.4. The maximum atomic E-state index is 12.3. The Morgan fingerprint density at radius 2 is 1.79 bits per heavy atom. The molecular formula is C13H13F3N2O. The van der Waals surface area contributed by atoms with Gasteiger partial charge in [0.15, 0.2) is 0 Å². The van der Waals surface area contributed by atoms with Gasteiger partial charge in [-0.15, -0.1) is 0 Å². The molecule has 0 heterocycles. The number of nitrogens with one attached hydrogen (secondary N) is 1. The van der Waals surface area contributed by atoms with Crippen molar-refractivity contribution in [3.8, 4) is 6.07 Å². The molecule has 102 valence electrons. The molecule has 0 radical (unpaired) electrons. The number of rotatable bonds is 3. The predicted molar refractivity (Wildman–Crippen MR) is 63.2 cm³/mol. The van der Waals surface area contributed by atoms with Crippen molar-refractivity contribution < 1.29 is 18.0 Å². The smallest absolute Gasteiger partial charge is 0.350 e. The summed E-state index contributed by atoms with van der Waals surface area (Å²) < 4.78 is 37.0. The van der Waals surface area contributed by atoms with Crippen LogP contribution in [0.15, 0.2) is 24.3 Å². The molecule has 1 amide bonds. The summed E-state index contributed by atoms with van der Waals surface area (Å²) in [6.07, 6.45) is -4.42. The van der Waals surface area contributed by atoms with E-state index in [0.29, 0.717) is 0 Å². The summed E-state index contributed by atoms with van der Waals surface area (Å²) in [5, 5.41) is 11.3. The average molecular weight is 270 g/mol. The van der Waals surface area contributed by atoms with Gasteiger partial charge in [-0.3, -0.25) is 4.79 Å². The summed E-state index contributed by atoms with van der Waals surface area (Å²) >= 11 is 0. The fraction of sp³-hybridized carbons (Fsp3) is 0.385. The molecule has 1 aromatic carbocycles. The van der Waals surface area contributed by atoms with Crippen LogP contribution in [0.5, 0.6) is 0 Å². The molecule has 0 spiro atoms. The molecule has 0 atom stereocenters. The predicted octanol–water partition coefficient (Wildman–Crippen LogP) is 2.98. The molecule has 0 unspecified atom stereocenters. The third-order valence-corrected chi connectivity index (χ3v) is 2.47. The van der Waals surface area contributed by atoms with Crippen LogP contribution in [0, 0.1) is 16.7 Å². The molecular weight excluding hydrogens is 257 g/mol. The molecule has 1 rings (SSSR count). The third-order valence-electron chi connectivity index (χ3n) is 2.47. The first-order chi connectivity index (χ1) is 8.65. The fourth-order valence-electron chi connectivity index (χ4n) is 1.25. The largest absolute Gasteiger partial charge is 0.416 e. The van der Waals surface area contributed by atoms with Crippen LogP contribution in [0.2, 0.25) is 0 Å². The van der Waals surface area contributed by atoms with Crippen LogP contribution in [0.25, 0.3) is 0 Å². The molecule has 0 aromatic heterocycles. The lowest BCUT2D eigenvalue weighted by Crippen LogP contribution is -2.33. The Morgan fingerprint density at radius 3 is 2.21 bits per heavy atom. The minimum Gasteiger partial charge on any atom is -0.350 e. The van der Waals surface area contributed by atoms with E-state index in [4.69, 9.17) is 5.26 Å². The molecule has 0 aliphatic heterocycles. The Balaban J connectivity index is 2.72. The molecule has 0 aliphatic rings. The topological polar surface area (TPSA) is 52.9 Å². The number of alkyl halides is 3. The first-order valence-electron chi connectivity index (χ1n) is 5.52. The first-order valence-corrected chi connectivity index (χ1v) is 5.52. The number of carbonyl (C=O) groups excluding carboxylic acids is 1. The maximum absolute atomic E-state index is 12.3. The number of hydrogen-bond donors (Lipinski definition) is 1. The quantitative estimate of drug-likeness (QED) is 0.918. The van der Waals surface area contributed by atoms with Crippen LogP contribution in [-0.2, 0) is 6.18 Å². The van der Waals surface area contributed by atoms with Crippen molar-refractivity contribution in [3.63, 3.8) is 0 Å². The number of amides is 1.